The predicted molar refractivity (Wildman–Crippen MR) is 91.6 cm³/mol. The fourth-order valence-corrected chi connectivity index (χ4v) is 2.39. The molecule has 1 amide bonds. The molecule has 0 radical (unpaired) electrons. The van der Waals surface area contributed by atoms with Crippen LogP contribution in [0.2, 0.25) is 0 Å². The molecule has 0 saturated carbocycles. The maximum Gasteiger partial charge on any atom is 0.416 e. The van der Waals surface area contributed by atoms with Gasteiger partial charge in [0.05, 0.1) is 23.7 Å². The molecular weight excluding hydrogens is 362 g/mol. The molecule has 1 aromatic heterocycles. The Morgan fingerprint density at radius 3 is 2.19 bits per heavy atom. The summed E-state index contributed by atoms with van der Waals surface area (Å²) in [6.07, 6.45) is -1.81. The topological polar surface area (TPSA) is 46.1 Å². The summed E-state index contributed by atoms with van der Waals surface area (Å²) >= 11 is 0. The highest BCUT2D eigenvalue weighted by Gasteiger charge is 2.30. The number of nitrogens with zero attached hydrogens (tertiary/aromatic N) is 3. The summed E-state index contributed by atoms with van der Waals surface area (Å²) in [5.41, 5.74) is 0.363. The first kappa shape index (κ1) is 18.5. The number of benzene rings is 2. The Bertz CT molecular complexity index is 954. The van der Waals surface area contributed by atoms with Crippen LogP contribution in [0.25, 0.3) is 11.3 Å². The van der Waals surface area contributed by atoms with Crippen molar-refractivity contribution < 1.29 is 22.4 Å². The number of halogens is 4. The second-order valence-electron chi connectivity index (χ2n) is 5.71. The standard InChI is InChI=1S/C19H13F4N3O/c1-26(15-8-6-14(20)7-9-15)18(27)17-11-24-10-16(25-17)12-2-4-13(5-3-12)19(21,22)23/h2-11H,1H3. The van der Waals surface area contributed by atoms with Gasteiger partial charge >= 0.3 is 6.18 Å². The minimum Gasteiger partial charge on any atom is -0.310 e. The lowest BCUT2D eigenvalue weighted by Crippen LogP contribution is -2.27. The van der Waals surface area contributed by atoms with Crippen LogP contribution in [0.15, 0.2) is 60.9 Å². The van der Waals surface area contributed by atoms with Gasteiger partial charge in [-0.1, -0.05) is 12.1 Å². The average molecular weight is 375 g/mol. The summed E-state index contributed by atoms with van der Waals surface area (Å²) < 4.78 is 51.0. The van der Waals surface area contributed by atoms with Crippen molar-refractivity contribution in [2.45, 2.75) is 6.18 Å². The van der Waals surface area contributed by atoms with Crippen LogP contribution in [-0.2, 0) is 6.18 Å². The zero-order chi connectivity index (χ0) is 19.6. The lowest BCUT2D eigenvalue weighted by Gasteiger charge is -2.17. The van der Waals surface area contributed by atoms with Crippen molar-refractivity contribution in [3.8, 4) is 11.3 Å². The molecular formula is C19H13F4N3O. The van der Waals surface area contributed by atoms with Gasteiger partial charge in [-0.2, -0.15) is 13.2 Å². The summed E-state index contributed by atoms with van der Waals surface area (Å²) in [6.45, 7) is 0. The second-order valence-corrected chi connectivity index (χ2v) is 5.71. The monoisotopic (exact) mass is 375 g/mol. The van der Waals surface area contributed by atoms with Gasteiger partial charge in [0.2, 0.25) is 0 Å². The average Bonchev–Trinajstić information content (AvgIpc) is 2.67. The molecule has 0 unspecified atom stereocenters. The molecule has 0 aliphatic carbocycles. The molecule has 0 atom stereocenters. The van der Waals surface area contributed by atoms with Crippen molar-refractivity contribution in [1.29, 1.82) is 0 Å². The smallest absolute Gasteiger partial charge is 0.310 e. The van der Waals surface area contributed by atoms with Gasteiger partial charge in [0, 0.05) is 18.3 Å². The van der Waals surface area contributed by atoms with Gasteiger partial charge in [0.15, 0.2) is 0 Å². The van der Waals surface area contributed by atoms with Crippen molar-refractivity contribution in [1.82, 2.24) is 9.97 Å². The van der Waals surface area contributed by atoms with Gasteiger partial charge in [0.25, 0.3) is 5.91 Å². The molecule has 138 valence electrons. The van der Waals surface area contributed by atoms with Gasteiger partial charge < -0.3 is 4.90 Å². The first-order valence-corrected chi connectivity index (χ1v) is 7.79. The number of alkyl halides is 3. The number of hydrogen-bond donors (Lipinski definition) is 0. The number of anilines is 1. The Labute approximate surface area is 152 Å². The van der Waals surface area contributed by atoms with E-state index in [2.05, 4.69) is 9.97 Å². The highest BCUT2D eigenvalue weighted by atomic mass is 19.4. The van der Waals surface area contributed by atoms with Gasteiger partial charge in [-0.05, 0) is 36.4 Å². The summed E-state index contributed by atoms with van der Waals surface area (Å²) in [6, 6.07) is 9.76. The molecule has 3 rings (SSSR count). The summed E-state index contributed by atoms with van der Waals surface area (Å²) in [5.74, 6) is -0.911. The molecule has 2 aromatic carbocycles. The van der Waals surface area contributed by atoms with E-state index >= 15 is 0 Å². The molecule has 1 heterocycles. The van der Waals surface area contributed by atoms with Crippen molar-refractivity contribution in [3.63, 3.8) is 0 Å². The minimum absolute atomic E-state index is 0.0132. The number of rotatable bonds is 3. The third kappa shape index (κ3) is 4.11. The molecule has 3 aromatic rings. The Hall–Kier alpha value is -3.29. The van der Waals surface area contributed by atoms with Crippen LogP contribution < -0.4 is 4.90 Å². The van der Waals surface area contributed by atoms with Crippen molar-refractivity contribution in [2.24, 2.45) is 0 Å². The molecule has 8 heteroatoms. The van der Waals surface area contributed by atoms with E-state index in [1.54, 1.807) is 0 Å². The SMILES string of the molecule is CN(C(=O)c1cncc(-c2ccc(C(F)(F)F)cc2)n1)c1ccc(F)cc1. The van der Waals surface area contributed by atoms with E-state index in [0.29, 0.717) is 11.3 Å². The third-order valence-electron chi connectivity index (χ3n) is 3.88. The fourth-order valence-electron chi connectivity index (χ4n) is 2.39. The Balaban J connectivity index is 1.86. The summed E-state index contributed by atoms with van der Waals surface area (Å²) in [7, 11) is 1.50. The van der Waals surface area contributed by atoms with E-state index in [9.17, 15) is 22.4 Å². The molecule has 0 fully saturated rings. The third-order valence-corrected chi connectivity index (χ3v) is 3.88. The van der Waals surface area contributed by atoms with Crippen LogP contribution in [0.5, 0.6) is 0 Å². The Morgan fingerprint density at radius 2 is 1.59 bits per heavy atom. The second kappa shape index (κ2) is 7.14. The van der Waals surface area contributed by atoms with Crippen LogP contribution >= 0.6 is 0 Å². The van der Waals surface area contributed by atoms with Gasteiger partial charge in [-0.15, -0.1) is 0 Å². The van der Waals surface area contributed by atoms with Gasteiger partial charge in [-0.3, -0.25) is 9.78 Å². The fraction of sp³-hybridized carbons (Fsp3) is 0.105. The number of carbonyl (C=O) groups is 1. The maximum atomic E-state index is 13.0. The lowest BCUT2D eigenvalue weighted by molar-refractivity contribution is -0.137. The van der Waals surface area contributed by atoms with Crippen LogP contribution in [-0.4, -0.2) is 22.9 Å². The van der Waals surface area contributed by atoms with E-state index in [0.717, 1.165) is 12.1 Å². The molecule has 0 bridgehead atoms. The largest absolute Gasteiger partial charge is 0.416 e. The first-order chi connectivity index (χ1) is 12.8. The van der Waals surface area contributed by atoms with Gasteiger partial charge in [-0.25, -0.2) is 9.37 Å². The highest BCUT2D eigenvalue weighted by molar-refractivity contribution is 6.04. The molecule has 0 aliphatic rings. The normalized spacial score (nSPS) is 11.3. The van der Waals surface area contributed by atoms with Crippen LogP contribution in [0.3, 0.4) is 0 Å². The van der Waals surface area contributed by atoms with Crippen molar-refractivity contribution in [3.05, 3.63) is 78.0 Å². The number of aromatic nitrogens is 2. The summed E-state index contributed by atoms with van der Waals surface area (Å²) in [4.78, 5) is 22.0. The first-order valence-electron chi connectivity index (χ1n) is 7.79. The minimum atomic E-state index is -4.43. The van der Waals surface area contributed by atoms with E-state index in [4.69, 9.17) is 0 Å². The highest BCUT2D eigenvalue weighted by Crippen LogP contribution is 2.30. The molecule has 0 N–H and O–H groups in total. The maximum absolute atomic E-state index is 13.0. The number of carbonyl (C=O) groups excluding carboxylic acids is 1. The lowest BCUT2D eigenvalue weighted by atomic mass is 10.1. The van der Waals surface area contributed by atoms with Crippen LogP contribution in [0, 0.1) is 5.82 Å². The van der Waals surface area contributed by atoms with Crippen molar-refractivity contribution >= 4 is 11.6 Å². The number of amides is 1. The van der Waals surface area contributed by atoms with Crippen molar-refractivity contribution in [2.75, 3.05) is 11.9 Å². The Kier molecular flexibility index (Phi) is 4.89. The molecule has 0 aliphatic heterocycles. The molecule has 0 saturated heterocycles. The summed E-state index contributed by atoms with van der Waals surface area (Å²) in [5, 5.41) is 0. The quantitative estimate of drug-likeness (QED) is 0.630. The number of hydrogen-bond acceptors (Lipinski definition) is 3. The van der Waals surface area contributed by atoms with Crippen LogP contribution in [0.4, 0.5) is 23.2 Å². The van der Waals surface area contributed by atoms with Gasteiger partial charge in [0.1, 0.15) is 11.5 Å². The van der Waals surface area contributed by atoms with E-state index in [1.807, 2.05) is 0 Å². The Morgan fingerprint density at radius 1 is 0.963 bits per heavy atom. The zero-order valence-electron chi connectivity index (χ0n) is 14.0. The molecule has 4 nitrogen and oxygen atoms in total. The molecule has 0 spiro atoms. The van der Waals surface area contributed by atoms with E-state index in [-0.39, 0.29) is 11.4 Å². The molecule has 27 heavy (non-hydrogen) atoms. The van der Waals surface area contributed by atoms with Crippen LogP contribution in [0.1, 0.15) is 16.1 Å². The predicted octanol–water partition coefficient (Wildman–Crippen LogP) is 4.58. The van der Waals surface area contributed by atoms with E-state index < -0.39 is 23.5 Å². The zero-order valence-corrected chi connectivity index (χ0v) is 14.0. The van der Waals surface area contributed by atoms with E-state index in [1.165, 1.54) is 60.7 Å².